The van der Waals surface area contributed by atoms with Gasteiger partial charge in [-0.15, -0.1) is 0 Å². The second-order valence-electron chi connectivity index (χ2n) is 10.0. The van der Waals surface area contributed by atoms with Gasteiger partial charge in [0.25, 0.3) is 0 Å². The number of imidazole rings is 1. The summed E-state index contributed by atoms with van der Waals surface area (Å²) >= 11 is 0. The number of aryl methyl sites for hydroxylation is 1. The Hall–Kier alpha value is -4.12. The number of nitrogens with zero attached hydrogens (tertiary/aromatic N) is 3. The van der Waals surface area contributed by atoms with Gasteiger partial charge in [0, 0.05) is 19.3 Å². The zero-order valence-electron chi connectivity index (χ0n) is 22.3. The number of aromatic amines is 1. The van der Waals surface area contributed by atoms with Gasteiger partial charge < -0.3 is 31.1 Å². The van der Waals surface area contributed by atoms with E-state index in [-0.39, 0.29) is 35.2 Å². The normalized spacial score (nSPS) is 21.1. The number of H-pyrrole nitrogens is 1. The maximum atomic E-state index is 14.2. The van der Waals surface area contributed by atoms with Gasteiger partial charge in [0.15, 0.2) is 0 Å². The summed E-state index contributed by atoms with van der Waals surface area (Å²) in [6.07, 6.45) is 8.94. The highest BCUT2D eigenvalue weighted by molar-refractivity contribution is 6.09. The molecule has 1 amide bonds. The zero-order valence-corrected chi connectivity index (χ0v) is 22.3. The average molecular weight is 538 g/mol. The molecule has 2 aromatic heterocycles. The molecular weight excluding hydrogens is 504 g/mol. The van der Waals surface area contributed by atoms with Gasteiger partial charge in [-0.1, -0.05) is 6.92 Å². The average Bonchev–Trinajstić information content (AvgIpc) is 3.33. The number of aromatic nitrogens is 3. The van der Waals surface area contributed by atoms with E-state index < -0.39 is 17.7 Å². The quantitative estimate of drug-likeness (QED) is 0.309. The summed E-state index contributed by atoms with van der Waals surface area (Å²) in [6, 6.07) is 3.98. The van der Waals surface area contributed by atoms with Crippen LogP contribution in [0.25, 0.3) is 6.08 Å². The van der Waals surface area contributed by atoms with Crippen molar-refractivity contribution in [3.8, 4) is 0 Å². The number of rotatable bonds is 7. The van der Waals surface area contributed by atoms with Crippen molar-refractivity contribution in [3.63, 3.8) is 0 Å². The number of amides is 1. The molecule has 39 heavy (non-hydrogen) atoms. The lowest BCUT2D eigenvalue weighted by Crippen LogP contribution is -2.55. The van der Waals surface area contributed by atoms with E-state index in [0.29, 0.717) is 23.6 Å². The molecule has 1 aliphatic rings. The Labute approximate surface area is 226 Å². The van der Waals surface area contributed by atoms with Crippen LogP contribution in [0.4, 0.5) is 25.2 Å². The second-order valence-corrected chi connectivity index (χ2v) is 10.0. The van der Waals surface area contributed by atoms with Crippen molar-refractivity contribution < 1.29 is 18.3 Å². The van der Waals surface area contributed by atoms with E-state index in [1.54, 1.807) is 37.5 Å². The molecule has 5 N–H and O–H groups in total. The number of carbonyl (C=O) groups excluding carboxylic acids is 1. The van der Waals surface area contributed by atoms with Crippen molar-refractivity contribution in [1.82, 2.24) is 19.9 Å². The largest absolute Gasteiger partial charge is 0.453 e. The number of nitrogens with one attached hydrogen (secondary N) is 3. The van der Waals surface area contributed by atoms with Gasteiger partial charge >= 0.3 is 6.09 Å². The number of hydrogen-bond acceptors (Lipinski definition) is 7. The predicted octanol–water partition coefficient (Wildman–Crippen LogP) is 5.12. The summed E-state index contributed by atoms with van der Waals surface area (Å²) in [7, 11) is 3.07. The maximum absolute atomic E-state index is 14.2. The van der Waals surface area contributed by atoms with E-state index >= 15 is 0 Å². The molecular formula is C28H33F2N7O2. The number of anilines is 2. The Kier molecular flexibility index (Phi) is 8.39. The first-order valence-corrected chi connectivity index (χ1v) is 12.6. The predicted molar refractivity (Wildman–Crippen MR) is 146 cm³/mol. The molecule has 1 fully saturated rings. The lowest BCUT2D eigenvalue weighted by atomic mass is 9.73. The lowest BCUT2D eigenvalue weighted by molar-refractivity contribution is 0.0778. The third kappa shape index (κ3) is 6.14. The minimum Gasteiger partial charge on any atom is -0.453 e. The monoisotopic (exact) mass is 537 g/mol. The Morgan fingerprint density at radius 2 is 2.00 bits per heavy atom. The van der Waals surface area contributed by atoms with Crippen LogP contribution in [0.3, 0.4) is 0 Å². The van der Waals surface area contributed by atoms with E-state index in [1.165, 1.54) is 31.4 Å². The number of ether oxygens (including phenoxy) is 1. The first kappa shape index (κ1) is 27.9. The highest BCUT2D eigenvalue weighted by Crippen LogP contribution is 2.40. The molecule has 1 aliphatic carbocycles. The Balaban J connectivity index is 1.47. The highest BCUT2D eigenvalue weighted by atomic mass is 19.1. The number of benzene rings is 1. The van der Waals surface area contributed by atoms with Crippen molar-refractivity contribution >= 4 is 29.5 Å². The smallest absolute Gasteiger partial charge is 0.409 e. The van der Waals surface area contributed by atoms with Crippen LogP contribution in [0.5, 0.6) is 0 Å². The van der Waals surface area contributed by atoms with Crippen molar-refractivity contribution in [1.29, 1.82) is 5.41 Å². The van der Waals surface area contributed by atoms with E-state index in [0.717, 1.165) is 17.7 Å². The van der Waals surface area contributed by atoms with Crippen LogP contribution in [0, 0.1) is 29.9 Å². The molecule has 2 heterocycles. The molecule has 206 valence electrons. The van der Waals surface area contributed by atoms with Gasteiger partial charge in [0.2, 0.25) is 5.95 Å². The minimum atomic E-state index is -0.779. The van der Waals surface area contributed by atoms with Crippen molar-refractivity contribution in [2.45, 2.75) is 44.7 Å². The fraction of sp³-hybridized carbons (Fsp3) is 0.357. The van der Waals surface area contributed by atoms with Crippen LogP contribution in [-0.2, 0) is 4.74 Å². The molecule has 9 nitrogen and oxygen atoms in total. The molecule has 4 atom stereocenters. The van der Waals surface area contributed by atoms with Crippen molar-refractivity contribution in [3.05, 3.63) is 76.9 Å². The SMILES string of the molecule is COC(=O)N(C)C1C(C)CC(c2ccncc2Nc2ncc(/C=C\C(=N)c3c(F)cc(C)cc3F)[nH]2)CC1N. The summed E-state index contributed by atoms with van der Waals surface area (Å²) in [5.74, 6) is -0.837. The van der Waals surface area contributed by atoms with Crippen LogP contribution in [-0.4, -0.2) is 57.9 Å². The first-order valence-electron chi connectivity index (χ1n) is 12.6. The molecule has 11 heteroatoms. The van der Waals surface area contributed by atoms with Gasteiger partial charge in [-0.2, -0.15) is 0 Å². The van der Waals surface area contributed by atoms with Crippen LogP contribution >= 0.6 is 0 Å². The van der Waals surface area contributed by atoms with Gasteiger partial charge in [-0.3, -0.25) is 4.98 Å². The molecule has 3 aromatic rings. The Morgan fingerprint density at radius 3 is 2.67 bits per heavy atom. The van der Waals surface area contributed by atoms with Crippen molar-refractivity contribution in [2.24, 2.45) is 11.7 Å². The van der Waals surface area contributed by atoms with Crippen LogP contribution in [0.2, 0.25) is 0 Å². The number of likely N-dealkylation sites (N-methyl/N-ethyl adjacent to an activating group) is 1. The molecule has 0 spiro atoms. The van der Waals surface area contributed by atoms with E-state index in [2.05, 4.69) is 27.2 Å². The van der Waals surface area contributed by atoms with Crippen LogP contribution in [0.1, 0.15) is 48.1 Å². The highest BCUT2D eigenvalue weighted by Gasteiger charge is 2.39. The summed E-state index contributed by atoms with van der Waals surface area (Å²) in [6.45, 7) is 3.67. The maximum Gasteiger partial charge on any atom is 0.409 e. The topological polar surface area (TPSA) is 133 Å². The molecule has 0 bridgehead atoms. The van der Waals surface area contributed by atoms with E-state index in [1.807, 2.05) is 6.07 Å². The summed E-state index contributed by atoms with van der Waals surface area (Å²) in [5.41, 5.74) is 8.67. The number of methoxy groups -OCH3 is 1. The molecule has 1 saturated carbocycles. The third-order valence-electron chi connectivity index (χ3n) is 7.17. The molecule has 0 aliphatic heterocycles. The van der Waals surface area contributed by atoms with Gasteiger partial charge in [0.1, 0.15) is 11.6 Å². The Bertz CT molecular complexity index is 1350. The van der Waals surface area contributed by atoms with Gasteiger partial charge in [-0.25, -0.2) is 18.6 Å². The first-order chi connectivity index (χ1) is 18.6. The molecule has 1 aromatic carbocycles. The standard InChI is InChI=1S/C28H33F2N7O2/c1-15-9-20(29)25(21(30)10-15)22(31)6-5-18-13-34-27(35-18)36-24-14-33-8-7-19(24)17-11-16(2)26(23(32)12-17)37(3)28(38)39-4/h5-10,13-14,16-17,23,26,31H,11-12,32H2,1-4H3,(H2,34,35,36)/b6-5-,31-22?. The van der Waals surface area contributed by atoms with Gasteiger partial charge in [0.05, 0.1) is 48.2 Å². The summed E-state index contributed by atoms with van der Waals surface area (Å²) in [4.78, 5) is 25.4. The zero-order chi connectivity index (χ0) is 28.3. The van der Waals surface area contributed by atoms with Crippen LogP contribution in [0.15, 0.2) is 42.9 Å². The fourth-order valence-electron chi connectivity index (χ4n) is 5.45. The number of allylic oxidation sites excluding steroid dienone is 1. The number of nitrogens with two attached hydrogens (primary N) is 1. The molecule has 4 rings (SSSR count). The minimum absolute atomic E-state index is 0.132. The second kappa shape index (κ2) is 11.7. The molecule has 0 radical (unpaired) electrons. The summed E-state index contributed by atoms with van der Waals surface area (Å²) < 4.78 is 33.3. The lowest BCUT2D eigenvalue weighted by Gasteiger charge is -2.43. The molecule has 0 saturated heterocycles. The Morgan fingerprint density at radius 1 is 1.28 bits per heavy atom. The number of pyridine rings is 1. The molecule has 4 unspecified atom stereocenters. The number of carbonyl (C=O) groups is 1. The van der Waals surface area contributed by atoms with Gasteiger partial charge in [-0.05, 0) is 73.1 Å². The van der Waals surface area contributed by atoms with Crippen LogP contribution < -0.4 is 11.1 Å². The fourth-order valence-corrected chi connectivity index (χ4v) is 5.45. The summed E-state index contributed by atoms with van der Waals surface area (Å²) in [5, 5.41) is 11.4. The van der Waals surface area contributed by atoms with E-state index in [4.69, 9.17) is 15.9 Å². The van der Waals surface area contributed by atoms with E-state index in [9.17, 15) is 13.6 Å². The third-order valence-corrected chi connectivity index (χ3v) is 7.17. The van der Waals surface area contributed by atoms with Crippen molar-refractivity contribution in [2.75, 3.05) is 19.5 Å². The number of halogens is 2. The number of hydrogen-bond donors (Lipinski definition) is 4.